The number of benzene rings is 1. The minimum atomic E-state index is -0.178. The van der Waals surface area contributed by atoms with Crippen molar-refractivity contribution in [3.63, 3.8) is 0 Å². The maximum Gasteiger partial charge on any atom is 0.264 e. The third-order valence-corrected chi connectivity index (χ3v) is 4.12. The van der Waals surface area contributed by atoms with Crippen LogP contribution in [0, 0.1) is 6.92 Å². The molecule has 1 fully saturated rings. The molecule has 1 aliphatic heterocycles. The summed E-state index contributed by atoms with van der Waals surface area (Å²) >= 11 is 0. The third kappa shape index (κ3) is 3.61. The maximum atomic E-state index is 11.1. The second-order valence-electron chi connectivity index (χ2n) is 5.65. The fourth-order valence-corrected chi connectivity index (χ4v) is 2.74. The van der Waals surface area contributed by atoms with Crippen molar-refractivity contribution in [2.75, 3.05) is 32.8 Å². The van der Waals surface area contributed by atoms with E-state index in [0.29, 0.717) is 0 Å². The number of hydrogen-bond donors (Lipinski definition) is 1. The Kier molecular flexibility index (Phi) is 4.65. The van der Waals surface area contributed by atoms with E-state index in [0.717, 1.165) is 50.5 Å². The smallest absolute Gasteiger partial charge is 0.264 e. The molecule has 0 bridgehead atoms. The number of ether oxygens (including phenoxy) is 1. The molecule has 2 heterocycles. The number of hydrogen-bond acceptors (Lipinski definition) is 4. The molecular formula is C17H21N3O2. The van der Waals surface area contributed by atoms with Crippen molar-refractivity contribution in [1.82, 2.24) is 15.1 Å². The van der Waals surface area contributed by atoms with Crippen molar-refractivity contribution in [1.29, 1.82) is 0 Å². The largest absolute Gasteiger partial charge is 0.379 e. The molecule has 1 aromatic carbocycles. The summed E-state index contributed by atoms with van der Waals surface area (Å²) in [6, 6.07) is 9.63. The van der Waals surface area contributed by atoms with E-state index in [-0.39, 0.29) is 5.56 Å². The molecule has 0 saturated carbocycles. The highest BCUT2D eigenvalue weighted by molar-refractivity contribution is 5.60. The Morgan fingerprint density at radius 2 is 2.05 bits per heavy atom. The van der Waals surface area contributed by atoms with Crippen LogP contribution in [0.3, 0.4) is 0 Å². The van der Waals surface area contributed by atoms with Gasteiger partial charge in [0, 0.05) is 31.3 Å². The number of aromatic nitrogens is 2. The first kappa shape index (κ1) is 14.9. The van der Waals surface area contributed by atoms with E-state index in [9.17, 15) is 4.79 Å². The molecule has 3 rings (SSSR count). The molecule has 1 saturated heterocycles. The van der Waals surface area contributed by atoms with Crippen LogP contribution in [-0.2, 0) is 11.2 Å². The number of H-pyrrole nitrogens is 1. The molecule has 0 atom stereocenters. The Bertz CT molecular complexity index is 670. The Hall–Kier alpha value is -1.98. The minimum absolute atomic E-state index is 0.178. The van der Waals surface area contributed by atoms with Gasteiger partial charge < -0.3 is 4.74 Å². The zero-order valence-electron chi connectivity index (χ0n) is 12.8. The standard InChI is InChI=1S/C17H21N3O2/c1-13-12-15(16-4-5-17(21)19-18-16)3-2-14(13)6-7-20-8-10-22-11-9-20/h2-5,12H,6-11H2,1H3,(H,19,21). The van der Waals surface area contributed by atoms with Gasteiger partial charge in [0.05, 0.1) is 18.9 Å². The molecule has 5 nitrogen and oxygen atoms in total. The molecule has 2 aromatic rings. The quantitative estimate of drug-likeness (QED) is 0.932. The van der Waals surface area contributed by atoms with Crippen LogP contribution < -0.4 is 5.56 Å². The molecule has 0 aliphatic carbocycles. The summed E-state index contributed by atoms with van der Waals surface area (Å²) in [6.07, 6.45) is 1.05. The van der Waals surface area contributed by atoms with Gasteiger partial charge in [0.2, 0.25) is 0 Å². The second kappa shape index (κ2) is 6.85. The van der Waals surface area contributed by atoms with E-state index in [1.54, 1.807) is 6.07 Å². The normalized spacial score (nSPS) is 15.9. The highest BCUT2D eigenvalue weighted by atomic mass is 16.5. The summed E-state index contributed by atoms with van der Waals surface area (Å²) in [5.41, 5.74) is 4.27. The van der Waals surface area contributed by atoms with Crippen molar-refractivity contribution in [3.05, 3.63) is 51.8 Å². The molecule has 0 unspecified atom stereocenters. The molecule has 1 N–H and O–H groups in total. The summed E-state index contributed by atoms with van der Waals surface area (Å²) in [4.78, 5) is 13.5. The van der Waals surface area contributed by atoms with Crippen molar-refractivity contribution < 1.29 is 4.74 Å². The third-order valence-electron chi connectivity index (χ3n) is 4.12. The molecular weight excluding hydrogens is 278 g/mol. The minimum Gasteiger partial charge on any atom is -0.379 e. The molecule has 22 heavy (non-hydrogen) atoms. The van der Waals surface area contributed by atoms with Gasteiger partial charge in [-0.05, 0) is 36.6 Å². The SMILES string of the molecule is Cc1cc(-c2ccc(=O)[nH]n2)ccc1CCN1CCOCC1. The molecule has 1 aromatic heterocycles. The van der Waals surface area contributed by atoms with Gasteiger partial charge in [0.1, 0.15) is 0 Å². The van der Waals surface area contributed by atoms with Crippen molar-refractivity contribution >= 4 is 0 Å². The lowest BCUT2D eigenvalue weighted by molar-refractivity contribution is 0.0384. The number of morpholine rings is 1. The maximum absolute atomic E-state index is 11.1. The Morgan fingerprint density at radius 1 is 1.23 bits per heavy atom. The molecule has 5 heteroatoms. The number of rotatable bonds is 4. The summed E-state index contributed by atoms with van der Waals surface area (Å²) in [5.74, 6) is 0. The van der Waals surface area contributed by atoms with Crippen LogP contribution in [-0.4, -0.2) is 47.9 Å². The Morgan fingerprint density at radius 3 is 2.73 bits per heavy atom. The molecule has 116 valence electrons. The Balaban J connectivity index is 1.69. The molecule has 0 amide bonds. The molecule has 1 aliphatic rings. The van der Waals surface area contributed by atoms with Gasteiger partial charge >= 0.3 is 0 Å². The lowest BCUT2D eigenvalue weighted by Gasteiger charge is -2.26. The highest BCUT2D eigenvalue weighted by Gasteiger charge is 2.11. The average molecular weight is 299 g/mol. The van der Waals surface area contributed by atoms with Crippen molar-refractivity contribution in [3.8, 4) is 11.3 Å². The van der Waals surface area contributed by atoms with Gasteiger partial charge in [-0.1, -0.05) is 12.1 Å². The number of nitrogens with zero attached hydrogens (tertiary/aromatic N) is 2. The van der Waals surface area contributed by atoms with Gasteiger partial charge in [-0.2, -0.15) is 5.10 Å². The second-order valence-corrected chi connectivity index (χ2v) is 5.65. The van der Waals surface area contributed by atoms with Crippen LogP contribution >= 0.6 is 0 Å². The summed E-state index contributed by atoms with van der Waals surface area (Å²) < 4.78 is 5.37. The van der Waals surface area contributed by atoms with E-state index >= 15 is 0 Å². The predicted octanol–water partition coefficient (Wildman–Crippen LogP) is 1.62. The zero-order valence-corrected chi connectivity index (χ0v) is 12.8. The molecule has 0 spiro atoms. The van der Waals surface area contributed by atoms with E-state index in [2.05, 4.69) is 40.2 Å². The molecule has 0 radical (unpaired) electrons. The highest BCUT2D eigenvalue weighted by Crippen LogP contribution is 2.20. The van der Waals surface area contributed by atoms with Crippen molar-refractivity contribution in [2.45, 2.75) is 13.3 Å². The lowest BCUT2D eigenvalue weighted by Crippen LogP contribution is -2.37. The summed E-state index contributed by atoms with van der Waals surface area (Å²) in [5, 5.41) is 6.56. The van der Waals surface area contributed by atoms with Crippen LogP contribution in [0.5, 0.6) is 0 Å². The fourth-order valence-electron chi connectivity index (χ4n) is 2.74. The summed E-state index contributed by atoms with van der Waals surface area (Å²) in [7, 11) is 0. The van der Waals surface area contributed by atoms with E-state index in [4.69, 9.17) is 4.74 Å². The number of aryl methyl sites for hydroxylation is 1. The van der Waals surface area contributed by atoms with Crippen LogP contribution in [0.1, 0.15) is 11.1 Å². The van der Waals surface area contributed by atoms with Gasteiger partial charge in [-0.25, -0.2) is 5.10 Å². The monoisotopic (exact) mass is 299 g/mol. The number of aromatic amines is 1. The fraction of sp³-hybridized carbons (Fsp3) is 0.412. The van der Waals surface area contributed by atoms with E-state index in [1.807, 2.05) is 0 Å². The van der Waals surface area contributed by atoms with E-state index in [1.165, 1.54) is 17.2 Å². The van der Waals surface area contributed by atoms with Gasteiger partial charge in [-0.3, -0.25) is 9.69 Å². The average Bonchev–Trinajstić information content (AvgIpc) is 2.55. The van der Waals surface area contributed by atoms with Crippen LogP contribution in [0.15, 0.2) is 35.1 Å². The Labute approximate surface area is 129 Å². The van der Waals surface area contributed by atoms with Crippen molar-refractivity contribution in [2.24, 2.45) is 0 Å². The van der Waals surface area contributed by atoms with E-state index < -0.39 is 0 Å². The topological polar surface area (TPSA) is 58.2 Å². The number of nitrogens with one attached hydrogen (secondary N) is 1. The first-order chi connectivity index (χ1) is 10.7. The summed E-state index contributed by atoms with van der Waals surface area (Å²) in [6.45, 7) is 6.94. The lowest BCUT2D eigenvalue weighted by atomic mass is 10.0. The van der Waals surface area contributed by atoms with Crippen LogP contribution in [0.2, 0.25) is 0 Å². The van der Waals surface area contributed by atoms with Gasteiger partial charge in [-0.15, -0.1) is 0 Å². The zero-order chi connectivity index (χ0) is 15.4. The first-order valence-electron chi connectivity index (χ1n) is 7.68. The van der Waals surface area contributed by atoms with Crippen LogP contribution in [0.25, 0.3) is 11.3 Å². The van der Waals surface area contributed by atoms with Gasteiger partial charge in [0.25, 0.3) is 5.56 Å². The first-order valence-corrected chi connectivity index (χ1v) is 7.68. The van der Waals surface area contributed by atoms with Gasteiger partial charge in [0.15, 0.2) is 0 Å². The predicted molar refractivity (Wildman–Crippen MR) is 86.0 cm³/mol. The van der Waals surface area contributed by atoms with Crippen LogP contribution in [0.4, 0.5) is 0 Å².